The van der Waals surface area contributed by atoms with Gasteiger partial charge in [0.1, 0.15) is 0 Å². The molecule has 1 heterocycles. The van der Waals surface area contributed by atoms with E-state index in [1.165, 1.54) is 0 Å². The predicted octanol–water partition coefficient (Wildman–Crippen LogP) is -3.06. The Labute approximate surface area is 132 Å². The van der Waals surface area contributed by atoms with Crippen LogP contribution in [0.25, 0.3) is 0 Å². The van der Waals surface area contributed by atoms with Crippen LogP contribution in [0.15, 0.2) is 0 Å². The van der Waals surface area contributed by atoms with Crippen molar-refractivity contribution in [3.8, 4) is 0 Å². The van der Waals surface area contributed by atoms with Gasteiger partial charge >= 0.3 is 51.4 Å². The van der Waals surface area contributed by atoms with Crippen molar-refractivity contribution in [2.24, 2.45) is 0 Å². The third-order valence-electron chi connectivity index (χ3n) is 2.04. The van der Waals surface area contributed by atoms with Crippen molar-refractivity contribution in [1.29, 1.82) is 0 Å². The van der Waals surface area contributed by atoms with Gasteiger partial charge in [-0.3, -0.25) is 0 Å². The summed E-state index contributed by atoms with van der Waals surface area (Å²) in [4.78, 5) is 1.69. The van der Waals surface area contributed by atoms with Crippen LogP contribution < -0.4 is 51.4 Å². The van der Waals surface area contributed by atoms with E-state index in [9.17, 15) is 8.42 Å². The maximum absolute atomic E-state index is 11.1. The quantitative estimate of drug-likeness (QED) is 0.285. The minimum absolute atomic E-state index is 0. The van der Waals surface area contributed by atoms with E-state index >= 15 is 0 Å². The van der Waals surface area contributed by atoms with Gasteiger partial charge < -0.3 is 29.7 Å². The molecule has 0 bridgehead atoms. The van der Waals surface area contributed by atoms with E-state index in [-0.39, 0.29) is 68.9 Å². The molecule has 0 aromatic carbocycles. The Morgan fingerprint density at radius 1 is 1.62 bits per heavy atom. The standard InChI is InChI=1S/C6H11NO2S3.K/c1-7(6(10)11)5-2-3-12(8,9)4-5;/h5H,2-4H2,1H3,(H,10,11);/q;+1/p-1. The molecule has 3 nitrogen and oxygen atoms in total. The second-order valence-corrected chi connectivity index (χ2v) is 6.19. The molecule has 0 radical (unpaired) electrons. The van der Waals surface area contributed by atoms with E-state index < -0.39 is 9.84 Å². The maximum atomic E-state index is 11.1. The molecule has 1 aliphatic heterocycles. The SMILES string of the molecule is CN(C(=S)[S-])C1CCS(=O)(=O)C1.[K+]. The van der Waals surface area contributed by atoms with Crippen LogP contribution in [0.4, 0.5) is 0 Å². The van der Waals surface area contributed by atoms with E-state index in [1.54, 1.807) is 11.9 Å². The van der Waals surface area contributed by atoms with E-state index in [2.05, 4.69) is 0 Å². The summed E-state index contributed by atoms with van der Waals surface area (Å²) < 4.78 is 22.5. The topological polar surface area (TPSA) is 37.4 Å². The Kier molecular flexibility index (Phi) is 6.43. The fourth-order valence-electron chi connectivity index (χ4n) is 1.23. The molecular weight excluding hydrogens is 253 g/mol. The molecule has 0 aromatic heterocycles. The number of sulfone groups is 1. The number of nitrogens with zero attached hydrogens (tertiary/aromatic N) is 1. The maximum Gasteiger partial charge on any atom is 1.00 e. The molecule has 1 unspecified atom stereocenters. The van der Waals surface area contributed by atoms with E-state index in [0.29, 0.717) is 10.7 Å². The first kappa shape index (κ1) is 14.7. The first-order valence-corrected chi connectivity index (χ1v) is 6.20. The Morgan fingerprint density at radius 3 is 2.46 bits per heavy atom. The molecule has 0 N–H and O–H groups in total. The van der Waals surface area contributed by atoms with Gasteiger partial charge in [0.05, 0.1) is 11.5 Å². The van der Waals surface area contributed by atoms with E-state index in [4.69, 9.17) is 24.8 Å². The third-order valence-corrected chi connectivity index (χ3v) is 4.37. The fourth-order valence-corrected chi connectivity index (χ4v) is 3.30. The van der Waals surface area contributed by atoms with Crippen molar-refractivity contribution in [3.63, 3.8) is 0 Å². The van der Waals surface area contributed by atoms with Gasteiger partial charge in [-0.15, -0.1) is 0 Å². The molecule has 7 heteroatoms. The Bertz CT molecular complexity index is 290. The molecule has 1 aliphatic rings. The van der Waals surface area contributed by atoms with E-state index in [1.807, 2.05) is 0 Å². The van der Waals surface area contributed by atoms with Crippen LogP contribution in [-0.2, 0) is 22.5 Å². The summed E-state index contributed by atoms with van der Waals surface area (Å²) >= 11 is 9.55. The van der Waals surface area contributed by atoms with Crippen LogP contribution in [0.3, 0.4) is 0 Å². The largest absolute Gasteiger partial charge is 1.00 e. The summed E-state index contributed by atoms with van der Waals surface area (Å²) in [5.41, 5.74) is 0. The second-order valence-electron chi connectivity index (χ2n) is 2.93. The van der Waals surface area contributed by atoms with Crippen molar-refractivity contribution in [2.45, 2.75) is 12.5 Å². The Balaban J connectivity index is 0.00000144. The summed E-state index contributed by atoms with van der Waals surface area (Å²) in [5, 5.41) is 0. The summed E-state index contributed by atoms with van der Waals surface area (Å²) in [7, 11) is -1.07. The average molecular weight is 263 g/mol. The molecule has 1 atom stereocenters. The van der Waals surface area contributed by atoms with Crippen LogP contribution >= 0.6 is 12.2 Å². The number of thiocarbonyl (C=S) groups is 1. The van der Waals surface area contributed by atoms with Gasteiger partial charge in [0.2, 0.25) is 0 Å². The van der Waals surface area contributed by atoms with Gasteiger partial charge in [0, 0.05) is 13.1 Å². The zero-order valence-electron chi connectivity index (χ0n) is 7.69. The van der Waals surface area contributed by atoms with Gasteiger partial charge in [-0.1, -0.05) is 4.32 Å². The number of hydrogen-bond acceptors (Lipinski definition) is 4. The average Bonchev–Trinajstić information content (AvgIpc) is 2.28. The van der Waals surface area contributed by atoms with Gasteiger partial charge in [-0.05, 0) is 6.42 Å². The van der Waals surface area contributed by atoms with Gasteiger partial charge in [0.25, 0.3) is 0 Å². The minimum atomic E-state index is -2.82. The van der Waals surface area contributed by atoms with Crippen molar-refractivity contribution >= 4 is 39.0 Å². The third kappa shape index (κ3) is 4.37. The molecule has 1 saturated heterocycles. The van der Waals surface area contributed by atoms with Gasteiger partial charge in [-0.25, -0.2) is 8.42 Å². The smallest absolute Gasteiger partial charge is 0.411 e. The first-order chi connectivity index (χ1) is 5.42. The normalized spacial score (nSPS) is 24.8. The van der Waals surface area contributed by atoms with Crippen LogP contribution in [0.1, 0.15) is 6.42 Å². The molecule has 0 aromatic rings. The van der Waals surface area contributed by atoms with Crippen molar-refractivity contribution in [3.05, 3.63) is 0 Å². The molecule has 0 spiro atoms. The molecule has 1 rings (SSSR count). The second kappa shape index (κ2) is 5.69. The number of hydrogen-bond donors (Lipinski definition) is 0. The van der Waals surface area contributed by atoms with Gasteiger partial charge in [-0.2, -0.15) is 0 Å². The van der Waals surface area contributed by atoms with Crippen LogP contribution in [0.2, 0.25) is 0 Å². The number of rotatable bonds is 1. The van der Waals surface area contributed by atoms with Crippen LogP contribution in [0, 0.1) is 0 Å². The Hall–Kier alpha value is 1.70. The predicted molar refractivity (Wildman–Crippen MR) is 54.8 cm³/mol. The zero-order valence-corrected chi connectivity index (χ0v) is 13.3. The van der Waals surface area contributed by atoms with Crippen LogP contribution in [0.5, 0.6) is 0 Å². The van der Waals surface area contributed by atoms with Crippen molar-refractivity contribution < 1.29 is 59.8 Å². The van der Waals surface area contributed by atoms with Crippen molar-refractivity contribution in [1.82, 2.24) is 4.90 Å². The molecule has 0 saturated carbocycles. The Morgan fingerprint density at radius 2 is 2.15 bits per heavy atom. The van der Waals surface area contributed by atoms with E-state index in [0.717, 1.165) is 0 Å². The summed E-state index contributed by atoms with van der Waals surface area (Å²) in [6, 6.07) is -0.000000000000000222. The van der Waals surface area contributed by atoms with Gasteiger partial charge in [0.15, 0.2) is 9.84 Å². The molecular formula is C6H10KNO2S3. The molecule has 70 valence electrons. The molecule has 13 heavy (non-hydrogen) atoms. The summed E-state index contributed by atoms with van der Waals surface area (Å²) in [5.74, 6) is 0.459. The monoisotopic (exact) mass is 263 g/mol. The molecule has 0 aliphatic carbocycles. The summed E-state index contributed by atoms with van der Waals surface area (Å²) in [6.07, 6.45) is 0.648. The zero-order chi connectivity index (χ0) is 9.35. The first-order valence-electron chi connectivity index (χ1n) is 3.56. The molecule has 0 amide bonds. The fraction of sp³-hybridized carbons (Fsp3) is 0.833. The minimum Gasteiger partial charge on any atom is -0.411 e. The summed E-state index contributed by atoms with van der Waals surface area (Å²) in [6.45, 7) is 0. The molecule has 1 fully saturated rings. The van der Waals surface area contributed by atoms with Crippen LogP contribution in [-0.4, -0.2) is 42.2 Å². The van der Waals surface area contributed by atoms with Crippen molar-refractivity contribution in [2.75, 3.05) is 18.6 Å².